The van der Waals surface area contributed by atoms with Crippen LogP contribution in [0.3, 0.4) is 0 Å². The monoisotopic (exact) mass is 417 g/mol. The van der Waals surface area contributed by atoms with E-state index in [0.29, 0.717) is 29.7 Å². The molecule has 1 aliphatic heterocycles. The Morgan fingerprint density at radius 2 is 1.77 bits per heavy atom. The van der Waals surface area contributed by atoms with Gasteiger partial charge in [0.15, 0.2) is 0 Å². The van der Waals surface area contributed by atoms with Crippen LogP contribution in [0.5, 0.6) is 0 Å². The van der Waals surface area contributed by atoms with Crippen molar-refractivity contribution in [2.75, 3.05) is 18.0 Å². The van der Waals surface area contributed by atoms with E-state index in [1.807, 2.05) is 19.1 Å². The van der Waals surface area contributed by atoms with Crippen LogP contribution in [-0.2, 0) is 6.18 Å². The average Bonchev–Trinajstić information content (AvgIpc) is 3.13. The molecule has 1 fully saturated rings. The number of aryl methyl sites for hydroxylation is 1. The zero-order valence-electron chi connectivity index (χ0n) is 16.1. The van der Waals surface area contributed by atoms with Gasteiger partial charge in [0.2, 0.25) is 5.82 Å². The van der Waals surface area contributed by atoms with E-state index >= 15 is 0 Å². The molecule has 156 valence electrons. The summed E-state index contributed by atoms with van der Waals surface area (Å²) in [6.07, 6.45) is -4.97. The van der Waals surface area contributed by atoms with Crippen molar-refractivity contribution in [3.63, 3.8) is 0 Å². The van der Waals surface area contributed by atoms with E-state index in [4.69, 9.17) is 0 Å². The number of β-amino-alcohol motifs (C(OH)–C–C–N with tert-alkyl or cyclic N) is 1. The highest BCUT2D eigenvalue weighted by Crippen LogP contribution is 2.41. The first kappa shape index (κ1) is 20.3. The summed E-state index contributed by atoms with van der Waals surface area (Å²) in [5.74, 6) is -1.66. The van der Waals surface area contributed by atoms with E-state index in [2.05, 4.69) is 9.97 Å². The summed E-state index contributed by atoms with van der Waals surface area (Å²) in [6, 6.07) is 12.5. The van der Waals surface area contributed by atoms with E-state index in [-0.39, 0.29) is 18.1 Å². The summed E-state index contributed by atoms with van der Waals surface area (Å²) in [5.41, 5.74) is 2.41. The van der Waals surface area contributed by atoms with Crippen LogP contribution in [0.1, 0.15) is 17.8 Å². The number of hydrogen-bond acceptors (Lipinski definition) is 4. The van der Waals surface area contributed by atoms with Gasteiger partial charge >= 0.3 is 6.18 Å². The Labute approximate surface area is 170 Å². The lowest BCUT2D eigenvalue weighted by Gasteiger charge is -2.24. The van der Waals surface area contributed by atoms with Crippen LogP contribution in [0.25, 0.3) is 22.4 Å². The van der Waals surface area contributed by atoms with Gasteiger partial charge in [0.05, 0.1) is 17.4 Å². The second-order valence-corrected chi connectivity index (χ2v) is 7.36. The third-order valence-electron chi connectivity index (χ3n) is 5.03. The predicted octanol–water partition coefficient (Wildman–Crippen LogP) is 4.85. The fourth-order valence-electron chi connectivity index (χ4n) is 3.62. The van der Waals surface area contributed by atoms with Gasteiger partial charge in [-0.2, -0.15) is 13.2 Å². The summed E-state index contributed by atoms with van der Waals surface area (Å²) < 4.78 is 54.4. The Bertz CT molecular complexity index is 1070. The highest BCUT2D eigenvalue weighted by molar-refractivity contribution is 5.89. The molecule has 1 atom stereocenters. The molecule has 30 heavy (non-hydrogen) atoms. The molecule has 4 rings (SSSR count). The van der Waals surface area contributed by atoms with E-state index in [0.717, 1.165) is 5.56 Å². The van der Waals surface area contributed by atoms with Crippen molar-refractivity contribution in [3.8, 4) is 22.4 Å². The summed E-state index contributed by atoms with van der Waals surface area (Å²) in [7, 11) is 0. The van der Waals surface area contributed by atoms with Crippen molar-refractivity contribution in [1.29, 1.82) is 0 Å². The number of nitrogens with zero attached hydrogens (tertiary/aromatic N) is 3. The topological polar surface area (TPSA) is 49.2 Å². The molecule has 3 aromatic rings. The highest BCUT2D eigenvalue weighted by Gasteiger charge is 2.38. The van der Waals surface area contributed by atoms with Gasteiger partial charge in [-0.05, 0) is 43.2 Å². The number of rotatable bonds is 3. The Morgan fingerprint density at radius 1 is 1.03 bits per heavy atom. The summed E-state index contributed by atoms with van der Waals surface area (Å²) in [4.78, 5) is 9.37. The number of aliphatic hydroxyl groups is 1. The lowest BCUT2D eigenvalue weighted by atomic mass is 9.97. The number of halogens is 4. The first-order valence-electron chi connectivity index (χ1n) is 9.47. The minimum Gasteiger partial charge on any atom is -0.391 e. The lowest BCUT2D eigenvalue weighted by Crippen LogP contribution is -2.25. The molecule has 0 aliphatic carbocycles. The molecule has 0 spiro atoms. The van der Waals surface area contributed by atoms with Gasteiger partial charge in [0.1, 0.15) is 11.6 Å². The maximum atomic E-state index is 13.6. The quantitative estimate of drug-likeness (QED) is 0.619. The number of anilines is 1. The number of aromatic nitrogens is 2. The molecule has 1 saturated heterocycles. The number of benzene rings is 2. The van der Waals surface area contributed by atoms with Crippen molar-refractivity contribution in [2.45, 2.75) is 25.6 Å². The van der Waals surface area contributed by atoms with Gasteiger partial charge in [0.25, 0.3) is 0 Å². The zero-order chi connectivity index (χ0) is 21.5. The minimum absolute atomic E-state index is 0.0688. The molecular weight excluding hydrogens is 398 g/mol. The molecule has 8 heteroatoms. The molecule has 0 unspecified atom stereocenters. The van der Waals surface area contributed by atoms with Crippen LogP contribution in [0.4, 0.5) is 23.4 Å². The third kappa shape index (κ3) is 4.00. The second-order valence-electron chi connectivity index (χ2n) is 7.36. The Balaban J connectivity index is 2.03. The average molecular weight is 417 g/mol. The molecule has 1 aromatic heterocycles. The Kier molecular flexibility index (Phi) is 5.19. The van der Waals surface area contributed by atoms with Crippen molar-refractivity contribution in [2.24, 2.45) is 0 Å². The van der Waals surface area contributed by atoms with E-state index in [1.165, 1.54) is 24.3 Å². The van der Waals surface area contributed by atoms with Crippen molar-refractivity contribution >= 4 is 5.82 Å². The van der Waals surface area contributed by atoms with Crippen LogP contribution in [0, 0.1) is 12.7 Å². The van der Waals surface area contributed by atoms with Gasteiger partial charge < -0.3 is 10.0 Å². The summed E-state index contributed by atoms with van der Waals surface area (Å²) in [5, 5.41) is 9.96. The molecule has 0 bridgehead atoms. The van der Waals surface area contributed by atoms with Gasteiger partial charge in [-0.15, -0.1) is 0 Å². The maximum absolute atomic E-state index is 13.6. The van der Waals surface area contributed by atoms with Crippen LogP contribution in [0.2, 0.25) is 0 Å². The van der Waals surface area contributed by atoms with Gasteiger partial charge in [-0.3, -0.25) is 0 Å². The molecule has 2 aromatic carbocycles. The summed E-state index contributed by atoms with van der Waals surface area (Å²) in [6.45, 7) is 2.43. The zero-order valence-corrected chi connectivity index (χ0v) is 16.1. The maximum Gasteiger partial charge on any atom is 0.451 e. The fraction of sp³-hybridized carbons (Fsp3) is 0.273. The summed E-state index contributed by atoms with van der Waals surface area (Å²) >= 11 is 0. The Hall–Kier alpha value is -3.00. The standard InChI is InChI=1S/C22H19F4N3O/c1-13-3-2-4-15(11-13)18-19(14-5-7-16(23)8-6-14)27-21(22(24,25)26)28-20(18)29-10-9-17(30)12-29/h2-8,11,17,30H,9-10,12H2,1H3/t17-/m1/s1. The predicted molar refractivity (Wildman–Crippen MR) is 105 cm³/mol. The minimum atomic E-state index is -4.76. The molecule has 2 heterocycles. The Morgan fingerprint density at radius 3 is 2.37 bits per heavy atom. The molecular formula is C22H19F4N3O. The third-order valence-corrected chi connectivity index (χ3v) is 5.03. The van der Waals surface area contributed by atoms with Crippen molar-refractivity contribution in [3.05, 3.63) is 65.7 Å². The van der Waals surface area contributed by atoms with E-state index in [9.17, 15) is 22.7 Å². The smallest absolute Gasteiger partial charge is 0.391 e. The van der Waals surface area contributed by atoms with Crippen LogP contribution >= 0.6 is 0 Å². The number of alkyl halides is 3. The van der Waals surface area contributed by atoms with Crippen molar-refractivity contribution in [1.82, 2.24) is 9.97 Å². The van der Waals surface area contributed by atoms with Gasteiger partial charge in [-0.1, -0.05) is 29.8 Å². The van der Waals surface area contributed by atoms with Gasteiger partial charge in [-0.25, -0.2) is 14.4 Å². The largest absolute Gasteiger partial charge is 0.451 e. The van der Waals surface area contributed by atoms with E-state index < -0.39 is 23.9 Å². The molecule has 0 amide bonds. The van der Waals surface area contributed by atoms with E-state index in [1.54, 1.807) is 17.0 Å². The molecule has 1 aliphatic rings. The first-order valence-corrected chi connectivity index (χ1v) is 9.47. The van der Waals surface area contributed by atoms with Crippen LogP contribution in [0.15, 0.2) is 48.5 Å². The van der Waals surface area contributed by atoms with Crippen LogP contribution < -0.4 is 4.90 Å². The van der Waals surface area contributed by atoms with Crippen molar-refractivity contribution < 1.29 is 22.7 Å². The normalized spacial score (nSPS) is 16.9. The number of aliphatic hydroxyl groups excluding tert-OH is 1. The molecule has 1 N–H and O–H groups in total. The van der Waals surface area contributed by atoms with Crippen LogP contribution in [-0.4, -0.2) is 34.3 Å². The SMILES string of the molecule is Cc1cccc(-c2c(-c3ccc(F)cc3)nc(C(F)(F)F)nc2N2CC[C@@H](O)C2)c1. The molecule has 4 nitrogen and oxygen atoms in total. The fourth-order valence-corrected chi connectivity index (χ4v) is 3.62. The molecule has 0 saturated carbocycles. The molecule has 0 radical (unpaired) electrons. The lowest BCUT2D eigenvalue weighted by molar-refractivity contribution is -0.144. The second kappa shape index (κ2) is 7.68. The number of hydrogen-bond donors (Lipinski definition) is 1. The first-order chi connectivity index (χ1) is 14.2. The van der Waals surface area contributed by atoms with Gasteiger partial charge in [0, 0.05) is 18.7 Å². The highest BCUT2D eigenvalue weighted by atomic mass is 19.4.